The summed E-state index contributed by atoms with van der Waals surface area (Å²) < 4.78 is 0. The third-order valence-corrected chi connectivity index (χ3v) is 2.47. The maximum Gasteiger partial charge on any atom is 0.254 e. The Morgan fingerprint density at radius 2 is 2.06 bits per heavy atom. The Labute approximate surface area is 95.7 Å². The van der Waals surface area contributed by atoms with Crippen LogP contribution in [0.15, 0.2) is 34.5 Å². The van der Waals surface area contributed by atoms with E-state index in [1.807, 2.05) is 0 Å². The van der Waals surface area contributed by atoms with E-state index in [1.54, 1.807) is 24.3 Å². The minimum atomic E-state index is -0.741. The molecule has 1 aromatic rings. The molecule has 1 amide bonds. The van der Waals surface area contributed by atoms with Crippen molar-refractivity contribution in [3.05, 3.63) is 56.3 Å². The van der Waals surface area contributed by atoms with Gasteiger partial charge in [-0.15, -0.1) is 0 Å². The number of carbonyl (C=O) groups is 1. The fraction of sp³-hybridized carbons (Fsp3) is 0.222. The summed E-state index contributed by atoms with van der Waals surface area (Å²) in [5, 5.41) is 6.87. The molecule has 1 aliphatic heterocycles. The first kappa shape index (κ1) is 10.8. The molecule has 0 N–H and O–H groups in total. The zero-order valence-electron chi connectivity index (χ0n) is 8.63. The van der Waals surface area contributed by atoms with E-state index in [2.05, 4.69) is 20.1 Å². The molecule has 17 heavy (non-hydrogen) atoms. The quantitative estimate of drug-likeness (QED) is 0.442. The van der Waals surface area contributed by atoms with E-state index < -0.39 is 6.17 Å². The summed E-state index contributed by atoms with van der Waals surface area (Å²) in [6, 6.07) is 6.83. The van der Waals surface area contributed by atoms with E-state index in [1.165, 1.54) is 4.90 Å². The van der Waals surface area contributed by atoms with Gasteiger partial charge in [0.05, 0.1) is 0 Å². The fourth-order valence-electron chi connectivity index (χ4n) is 1.76. The highest BCUT2D eigenvalue weighted by atomic mass is 16.2. The third-order valence-electron chi connectivity index (χ3n) is 2.47. The Bertz CT molecular complexity index is 556. The lowest BCUT2D eigenvalue weighted by Gasteiger charge is -2.18. The van der Waals surface area contributed by atoms with E-state index >= 15 is 0 Å². The molecular formula is C9H7N7O. The van der Waals surface area contributed by atoms with Crippen LogP contribution in [0.4, 0.5) is 0 Å². The largest absolute Gasteiger partial charge is 0.320 e. The zero-order valence-corrected chi connectivity index (χ0v) is 8.63. The number of rotatable bonds is 3. The highest BCUT2D eigenvalue weighted by molar-refractivity contribution is 5.99. The van der Waals surface area contributed by atoms with E-state index in [9.17, 15) is 4.79 Å². The van der Waals surface area contributed by atoms with Gasteiger partial charge in [0.25, 0.3) is 5.91 Å². The lowest BCUT2D eigenvalue weighted by molar-refractivity contribution is 0.0735. The van der Waals surface area contributed by atoms with Crippen molar-refractivity contribution < 1.29 is 4.79 Å². The molecule has 0 fully saturated rings. The topological polar surface area (TPSA) is 118 Å². The van der Waals surface area contributed by atoms with Gasteiger partial charge in [0.1, 0.15) is 12.8 Å². The van der Waals surface area contributed by atoms with Crippen molar-refractivity contribution in [1.29, 1.82) is 0 Å². The fourth-order valence-corrected chi connectivity index (χ4v) is 1.76. The second kappa shape index (κ2) is 4.44. The first-order valence-corrected chi connectivity index (χ1v) is 4.74. The normalized spacial score (nSPS) is 17.1. The second-order valence-electron chi connectivity index (χ2n) is 3.31. The lowest BCUT2D eigenvalue weighted by Crippen LogP contribution is -2.26. The smallest absolute Gasteiger partial charge is 0.254 e. The number of benzene rings is 1. The first-order chi connectivity index (χ1) is 8.29. The summed E-state index contributed by atoms with van der Waals surface area (Å²) in [5.74, 6) is -0.301. The Morgan fingerprint density at radius 1 is 1.29 bits per heavy atom. The van der Waals surface area contributed by atoms with Crippen LogP contribution in [0, 0.1) is 0 Å². The Hall–Kier alpha value is -2.69. The van der Waals surface area contributed by atoms with Gasteiger partial charge in [-0.1, -0.05) is 28.4 Å². The van der Waals surface area contributed by atoms with Crippen molar-refractivity contribution >= 4 is 5.91 Å². The van der Waals surface area contributed by atoms with Gasteiger partial charge in [0.2, 0.25) is 0 Å². The molecule has 0 saturated heterocycles. The predicted octanol–water partition coefficient (Wildman–Crippen LogP) is 2.72. The van der Waals surface area contributed by atoms with Gasteiger partial charge in [0, 0.05) is 15.4 Å². The molecule has 1 heterocycles. The molecule has 1 unspecified atom stereocenters. The molecule has 0 bridgehead atoms. The number of nitrogens with zero attached hydrogens (tertiary/aromatic N) is 7. The summed E-state index contributed by atoms with van der Waals surface area (Å²) in [5.41, 5.74) is 17.9. The van der Waals surface area contributed by atoms with E-state index in [4.69, 9.17) is 11.1 Å². The maximum atomic E-state index is 11.9. The highest BCUT2D eigenvalue weighted by Crippen LogP contribution is 2.34. The number of azide groups is 2. The number of fused-ring (bicyclic) bond motifs is 1. The van der Waals surface area contributed by atoms with Gasteiger partial charge in [-0.05, 0) is 22.7 Å². The molecule has 84 valence electrons. The van der Waals surface area contributed by atoms with Crippen molar-refractivity contribution in [2.45, 2.75) is 6.17 Å². The molecular weight excluding hydrogens is 222 g/mol. The van der Waals surface area contributed by atoms with E-state index in [0.717, 1.165) is 0 Å². The van der Waals surface area contributed by atoms with Crippen LogP contribution in [0.25, 0.3) is 20.9 Å². The molecule has 2 rings (SSSR count). The summed E-state index contributed by atoms with van der Waals surface area (Å²) in [6.45, 7) is -0.159. The van der Waals surface area contributed by atoms with Crippen LogP contribution in [0.1, 0.15) is 22.1 Å². The van der Waals surface area contributed by atoms with Gasteiger partial charge in [0.15, 0.2) is 0 Å². The molecule has 0 radical (unpaired) electrons. The van der Waals surface area contributed by atoms with Crippen LogP contribution in [-0.2, 0) is 0 Å². The number of amides is 1. The monoisotopic (exact) mass is 229 g/mol. The summed E-state index contributed by atoms with van der Waals surface area (Å²) in [7, 11) is 0. The standard InChI is InChI=1S/C9H7N7O/c10-14-12-5-16-8(13-15-11)6-3-1-2-4-7(6)9(16)17/h1-4,8H,5H2. The van der Waals surface area contributed by atoms with Gasteiger partial charge >= 0.3 is 0 Å². The molecule has 0 saturated carbocycles. The molecule has 8 heteroatoms. The molecule has 1 atom stereocenters. The molecule has 0 aliphatic carbocycles. The Kier molecular flexibility index (Phi) is 2.83. The van der Waals surface area contributed by atoms with Gasteiger partial charge in [-0.25, -0.2) is 0 Å². The maximum absolute atomic E-state index is 11.9. The van der Waals surface area contributed by atoms with Gasteiger partial charge < -0.3 is 4.90 Å². The SMILES string of the molecule is [N-]=[N+]=NCN1C(=O)c2ccccc2C1N=[N+]=[N-]. The Morgan fingerprint density at radius 3 is 2.76 bits per heavy atom. The second-order valence-corrected chi connectivity index (χ2v) is 3.31. The van der Waals surface area contributed by atoms with Gasteiger partial charge in [-0.3, -0.25) is 4.79 Å². The average molecular weight is 229 g/mol. The minimum Gasteiger partial charge on any atom is -0.320 e. The Balaban J connectivity index is 2.47. The molecule has 8 nitrogen and oxygen atoms in total. The highest BCUT2D eigenvalue weighted by Gasteiger charge is 2.35. The summed E-state index contributed by atoms with van der Waals surface area (Å²) in [6.07, 6.45) is -0.741. The van der Waals surface area contributed by atoms with E-state index in [-0.39, 0.29) is 12.6 Å². The number of hydrogen-bond acceptors (Lipinski definition) is 3. The number of carbonyl (C=O) groups excluding carboxylic acids is 1. The van der Waals surface area contributed by atoms with Crippen LogP contribution in [0.3, 0.4) is 0 Å². The van der Waals surface area contributed by atoms with Crippen molar-refractivity contribution in [1.82, 2.24) is 4.90 Å². The van der Waals surface area contributed by atoms with Crippen LogP contribution in [0.5, 0.6) is 0 Å². The van der Waals surface area contributed by atoms with Crippen molar-refractivity contribution in [3.63, 3.8) is 0 Å². The van der Waals surface area contributed by atoms with Crippen LogP contribution in [-0.4, -0.2) is 17.5 Å². The lowest BCUT2D eigenvalue weighted by atomic mass is 10.1. The minimum absolute atomic E-state index is 0.159. The summed E-state index contributed by atoms with van der Waals surface area (Å²) in [4.78, 5) is 18.5. The first-order valence-electron chi connectivity index (χ1n) is 4.74. The van der Waals surface area contributed by atoms with Crippen molar-refractivity contribution in [3.8, 4) is 0 Å². The van der Waals surface area contributed by atoms with Crippen LogP contribution >= 0.6 is 0 Å². The van der Waals surface area contributed by atoms with Crippen LogP contribution in [0.2, 0.25) is 0 Å². The summed E-state index contributed by atoms with van der Waals surface area (Å²) >= 11 is 0. The molecule has 0 aromatic heterocycles. The predicted molar refractivity (Wildman–Crippen MR) is 58.5 cm³/mol. The molecule has 1 aromatic carbocycles. The zero-order chi connectivity index (χ0) is 12.3. The van der Waals surface area contributed by atoms with Gasteiger partial charge in [-0.2, -0.15) is 0 Å². The third kappa shape index (κ3) is 1.74. The molecule has 1 aliphatic rings. The average Bonchev–Trinajstić information content (AvgIpc) is 2.62. The van der Waals surface area contributed by atoms with Crippen molar-refractivity contribution in [2.75, 3.05) is 6.67 Å². The van der Waals surface area contributed by atoms with Crippen molar-refractivity contribution in [2.24, 2.45) is 10.2 Å². The van der Waals surface area contributed by atoms with Crippen LogP contribution < -0.4 is 0 Å². The number of hydrogen-bond donors (Lipinski definition) is 0. The van der Waals surface area contributed by atoms with E-state index in [0.29, 0.717) is 11.1 Å². The molecule has 0 spiro atoms.